The number of nitrogens with zero attached hydrogens (tertiary/aromatic N) is 3. The molecule has 8 nitrogen and oxygen atoms in total. The first kappa shape index (κ1) is 20.7. The van der Waals surface area contributed by atoms with Crippen molar-refractivity contribution in [3.63, 3.8) is 0 Å². The number of nitrogens with one attached hydrogen (secondary N) is 3. The van der Waals surface area contributed by atoms with Crippen LogP contribution in [0.15, 0.2) is 78.2 Å². The van der Waals surface area contributed by atoms with Crippen molar-refractivity contribution in [3.05, 3.63) is 94.9 Å². The number of fused-ring (bicyclic) bond motifs is 1. The van der Waals surface area contributed by atoms with Crippen molar-refractivity contribution in [2.75, 3.05) is 11.9 Å². The summed E-state index contributed by atoms with van der Waals surface area (Å²) in [6.07, 6.45) is 6.85. The molecule has 5 aromatic rings. The van der Waals surface area contributed by atoms with Gasteiger partial charge >= 0.3 is 0 Å². The molecule has 0 bridgehead atoms. The van der Waals surface area contributed by atoms with E-state index in [1.807, 2.05) is 60.2 Å². The van der Waals surface area contributed by atoms with Crippen molar-refractivity contribution in [3.8, 4) is 17.1 Å². The van der Waals surface area contributed by atoms with Gasteiger partial charge in [0.05, 0.1) is 29.2 Å². The van der Waals surface area contributed by atoms with Gasteiger partial charge in [-0.25, -0.2) is 9.97 Å². The first-order valence-corrected chi connectivity index (χ1v) is 10.7. The van der Waals surface area contributed by atoms with Crippen LogP contribution in [-0.4, -0.2) is 42.3 Å². The molecule has 3 heterocycles. The van der Waals surface area contributed by atoms with Crippen LogP contribution >= 0.6 is 0 Å². The Morgan fingerprint density at radius 3 is 2.82 bits per heavy atom. The molecule has 3 aromatic heterocycles. The number of aromatic amines is 2. The number of aliphatic hydroxyl groups is 1. The number of H-pyrrole nitrogens is 2. The maximum Gasteiger partial charge on any atom is 0.261 e. The Bertz CT molecular complexity index is 1440. The minimum absolute atomic E-state index is 0.260. The van der Waals surface area contributed by atoms with E-state index in [2.05, 4.69) is 20.3 Å². The quantitative estimate of drug-likeness (QED) is 0.310. The summed E-state index contributed by atoms with van der Waals surface area (Å²) >= 11 is 0. The number of rotatable bonds is 7. The van der Waals surface area contributed by atoms with Crippen molar-refractivity contribution in [2.45, 2.75) is 19.4 Å². The van der Waals surface area contributed by atoms with Crippen molar-refractivity contribution in [1.82, 2.24) is 24.5 Å². The van der Waals surface area contributed by atoms with Crippen LogP contribution in [0.25, 0.3) is 28.1 Å². The molecule has 4 N–H and O–H groups in total. The summed E-state index contributed by atoms with van der Waals surface area (Å²) in [5.74, 6) is 0.470. The average Bonchev–Trinajstić information content (AvgIpc) is 3.49. The second-order valence-corrected chi connectivity index (χ2v) is 8.03. The Labute approximate surface area is 190 Å². The molecule has 0 saturated heterocycles. The van der Waals surface area contributed by atoms with Crippen molar-refractivity contribution >= 4 is 16.7 Å². The predicted molar refractivity (Wildman–Crippen MR) is 129 cm³/mol. The lowest BCUT2D eigenvalue weighted by Gasteiger charge is -2.14. The van der Waals surface area contributed by atoms with Crippen LogP contribution in [0.4, 0.5) is 5.69 Å². The van der Waals surface area contributed by atoms with E-state index in [9.17, 15) is 9.90 Å². The molecule has 0 saturated carbocycles. The van der Waals surface area contributed by atoms with Gasteiger partial charge < -0.3 is 25.0 Å². The fraction of sp³-hybridized carbons (Fsp3) is 0.160. The van der Waals surface area contributed by atoms with Crippen molar-refractivity contribution < 1.29 is 5.11 Å². The monoisotopic (exact) mass is 440 g/mol. The second kappa shape index (κ2) is 8.76. The molecule has 166 valence electrons. The molecule has 0 fully saturated rings. The molecule has 0 aliphatic heterocycles. The van der Waals surface area contributed by atoms with Gasteiger partial charge in [-0.1, -0.05) is 30.3 Å². The highest BCUT2D eigenvalue weighted by atomic mass is 16.3. The first-order valence-electron chi connectivity index (χ1n) is 10.7. The molecule has 0 amide bonds. The number of hydrogen-bond donors (Lipinski definition) is 4. The third kappa shape index (κ3) is 4.28. The van der Waals surface area contributed by atoms with E-state index in [0.717, 1.165) is 27.8 Å². The zero-order chi connectivity index (χ0) is 22.8. The van der Waals surface area contributed by atoms with Gasteiger partial charge in [-0.2, -0.15) is 0 Å². The summed E-state index contributed by atoms with van der Waals surface area (Å²) in [4.78, 5) is 27.6. The topological polar surface area (TPSA) is 112 Å². The van der Waals surface area contributed by atoms with Gasteiger partial charge in [0.2, 0.25) is 0 Å². The number of aryl methyl sites for hydroxylation is 1. The molecule has 0 aliphatic carbocycles. The number of hydrogen-bond acceptors (Lipinski definition) is 5. The number of benzene rings is 2. The number of imidazole rings is 2. The van der Waals surface area contributed by atoms with E-state index < -0.39 is 6.10 Å². The SMILES string of the molecule is Cc1cc(-n2ccnc2)cc2[nH]c(-c3c(NCC(O)Cc4ccccc4)cc[nH]c3=O)nc12. The number of aromatic nitrogens is 5. The zero-order valence-corrected chi connectivity index (χ0v) is 18.1. The highest BCUT2D eigenvalue weighted by molar-refractivity contribution is 5.86. The molecule has 0 spiro atoms. The minimum Gasteiger partial charge on any atom is -0.391 e. The van der Waals surface area contributed by atoms with Crippen LogP contribution in [0.1, 0.15) is 11.1 Å². The molecular weight excluding hydrogens is 416 g/mol. The van der Waals surface area contributed by atoms with Crippen LogP contribution in [0.2, 0.25) is 0 Å². The maximum absolute atomic E-state index is 12.8. The van der Waals surface area contributed by atoms with Crippen LogP contribution in [0.3, 0.4) is 0 Å². The van der Waals surface area contributed by atoms with E-state index in [-0.39, 0.29) is 5.56 Å². The summed E-state index contributed by atoms with van der Waals surface area (Å²) in [7, 11) is 0. The van der Waals surface area contributed by atoms with Gasteiger partial charge in [0.25, 0.3) is 5.56 Å². The summed E-state index contributed by atoms with van der Waals surface area (Å²) in [6.45, 7) is 2.29. The third-order valence-electron chi connectivity index (χ3n) is 5.60. The van der Waals surface area contributed by atoms with Crippen molar-refractivity contribution in [1.29, 1.82) is 0 Å². The van der Waals surface area contributed by atoms with Gasteiger partial charge in [-0.3, -0.25) is 4.79 Å². The third-order valence-corrected chi connectivity index (χ3v) is 5.60. The van der Waals surface area contributed by atoms with Crippen LogP contribution in [-0.2, 0) is 6.42 Å². The lowest BCUT2D eigenvalue weighted by Crippen LogP contribution is -2.23. The van der Waals surface area contributed by atoms with Gasteiger partial charge in [-0.15, -0.1) is 0 Å². The van der Waals surface area contributed by atoms with E-state index in [1.54, 1.807) is 24.8 Å². The number of anilines is 1. The fourth-order valence-electron chi connectivity index (χ4n) is 4.00. The number of pyridine rings is 1. The summed E-state index contributed by atoms with van der Waals surface area (Å²) in [5, 5.41) is 13.7. The Morgan fingerprint density at radius 2 is 2.03 bits per heavy atom. The van der Waals surface area contributed by atoms with E-state index in [1.165, 1.54) is 0 Å². The molecule has 1 unspecified atom stereocenters. The second-order valence-electron chi connectivity index (χ2n) is 8.03. The Balaban J connectivity index is 1.44. The summed E-state index contributed by atoms with van der Waals surface area (Å²) in [6, 6.07) is 15.6. The Morgan fingerprint density at radius 1 is 1.18 bits per heavy atom. The van der Waals surface area contributed by atoms with E-state index >= 15 is 0 Å². The van der Waals surface area contributed by atoms with Crippen LogP contribution in [0, 0.1) is 6.92 Å². The largest absolute Gasteiger partial charge is 0.391 e. The predicted octanol–water partition coefficient (Wildman–Crippen LogP) is 3.43. The van der Waals surface area contributed by atoms with Crippen molar-refractivity contribution in [2.24, 2.45) is 0 Å². The maximum atomic E-state index is 12.8. The smallest absolute Gasteiger partial charge is 0.261 e. The lowest BCUT2D eigenvalue weighted by atomic mass is 10.1. The molecule has 33 heavy (non-hydrogen) atoms. The van der Waals surface area contributed by atoms with Gasteiger partial charge in [0.15, 0.2) is 0 Å². The number of aliphatic hydroxyl groups excluding tert-OH is 1. The minimum atomic E-state index is -0.602. The van der Waals surface area contributed by atoms with E-state index in [4.69, 9.17) is 4.98 Å². The summed E-state index contributed by atoms with van der Waals surface area (Å²) < 4.78 is 1.92. The summed E-state index contributed by atoms with van der Waals surface area (Å²) in [5.41, 5.74) is 5.38. The first-order chi connectivity index (χ1) is 16.1. The normalized spacial score (nSPS) is 12.2. The zero-order valence-electron chi connectivity index (χ0n) is 18.1. The van der Waals surface area contributed by atoms with E-state index in [0.29, 0.717) is 30.0 Å². The molecule has 1 atom stereocenters. The van der Waals surface area contributed by atoms with Gasteiger partial charge in [0.1, 0.15) is 11.4 Å². The molecular formula is C25H24N6O2. The molecule has 2 aromatic carbocycles. The highest BCUT2D eigenvalue weighted by Crippen LogP contribution is 2.27. The van der Waals surface area contributed by atoms with Gasteiger partial charge in [-0.05, 0) is 36.2 Å². The molecule has 5 rings (SSSR count). The van der Waals surface area contributed by atoms with Crippen LogP contribution < -0.4 is 10.9 Å². The standard InChI is InChI=1S/C25H24N6O2/c1-16-11-18(31-10-9-26-15-31)13-21-23(16)30-24(29-21)22-20(7-8-27-25(22)33)28-14-19(32)12-17-5-3-2-4-6-17/h2-11,13,15,19,32H,12,14H2,1H3,(H,29,30)(H2,27,28,33). The van der Waals surface area contributed by atoms with Crippen LogP contribution in [0.5, 0.6) is 0 Å². The fourth-order valence-corrected chi connectivity index (χ4v) is 4.00. The molecule has 0 aliphatic rings. The molecule has 0 radical (unpaired) electrons. The van der Waals surface area contributed by atoms with Gasteiger partial charge in [0, 0.05) is 37.2 Å². The lowest BCUT2D eigenvalue weighted by molar-refractivity contribution is 0.188. The highest BCUT2D eigenvalue weighted by Gasteiger charge is 2.17. The Hall–Kier alpha value is -4.17. The average molecular weight is 441 g/mol. The molecule has 8 heteroatoms. The Kier molecular flexibility index (Phi) is 5.50.